The van der Waals surface area contributed by atoms with Gasteiger partial charge in [-0.1, -0.05) is 12.1 Å². The number of phenols is 1. The van der Waals surface area contributed by atoms with Crippen LogP contribution in [0.5, 0.6) is 5.75 Å². The highest BCUT2D eigenvalue weighted by Crippen LogP contribution is 2.12. The largest absolute Gasteiger partial charge is 0.508 e. The van der Waals surface area contributed by atoms with Gasteiger partial charge in [-0.15, -0.1) is 0 Å². The number of nitrogens with one attached hydrogen (secondary N) is 3. The maximum atomic E-state index is 13.2. The van der Waals surface area contributed by atoms with Crippen molar-refractivity contribution in [3.63, 3.8) is 0 Å². The standard InChI is InChI=1S/C26H42N6O8/c27-13-3-1-5-19(30-23(36)18(29)11-12-22(34)35)24(37)31-20(6-2-4-14-28)25(38)32-21(26(39)40)15-16-7-9-17(33)10-8-16/h7-10,18-21,33H,1-6,11-15,27-29H2,(H,30,36)(H,31,37)(H,32,38)(H,34,35)(H,39,40). The zero-order chi connectivity index (χ0) is 30.1. The lowest BCUT2D eigenvalue weighted by Crippen LogP contribution is -2.57. The number of hydrogen-bond acceptors (Lipinski definition) is 9. The number of carboxylic acid groups (broad SMARTS) is 2. The summed E-state index contributed by atoms with van der Waals surface area (Å²) in [7, 11) is 0. The van der Waals surface area contributed by atoms with Gasteiger partial charge < -0.3 is 48.5 Å². The molecule has 3 amide bonds. The van der Waals surface area contributed by atoms with E-state index in [0.29, 0.717) is 44.3 Å². The van der Waals surface area contributed by atoms with Crippen molar-refractivity contribution >= 4 is 29.7 Å². The molecular formula is C26H42N6O8. The highest BCUT2D eigenvalue weighted by molar-refractivity contribution is 5.94. The van der Waals surface area contributed by atoms with E-state index in [1.165, 1.54) is 24.3 Å². The summed E-state index contributed by atoms with van der Waals surface area (Å²) in [6.45, 7) is 0.717. The molecule has 0 aromatic heterocycles. The molecule has 14 nitrogen and oxygen atoms in total. The average Bonchev–Trinajstić information content (AvgIpc) is 2.91. The molecule has 4 unspecified atom stereocenters. The lowest BCUT2D eigenvalue weighted by atomic mass is 10.0. The summed E-state index contributed by atoms with van der Waals surface area (Å²) in [5, 5.41) is 35.6. The van der Waals surface area contributed by atoms with Crippen molar-refractivity contribution in [2.75, 3.05) is 13.1 Å². The summed E-state index contributed by atoms with van der Waals surface area (Å²) < 4.78 is 0. The fourth-order valence-corrected chi connectivity index (χ4v) is 3.82. The second kappa shape index (κ2) is 18.5. The summed E-state index contributed by atoms with van der Waals surface area (Å²) in [6.07, 6.45) is 1.94. The number of hydrogen-bond donors (Lipinski definition) is 9. The number of benzene rings is 1. The molecule has 0 heterocycles. The Balaban J connectivity index is 3.01. The molecule has 0 aliphatic rings. The molecule has 0 bridgehead atoms. The van der Waals surface area contributed by atoms with E-state index < -0.39 is 53.8 Å². The Morgan fingerprint density at radius 1 is 0.700 bits per heavy atom. The van der Waals surface area contributed by atoms with E-state index >= 15 is 0 Å². The number of phenolic OH excluding ortho intramolecular Hbond substituents is 1. The summed E-state index contributed by atoms with van der Waals surface area (Å²) in [6, 6.07) is 1.22. The molecule has 4 atom stereocenters. The molecule has 12 N–H and O–H groups in total. The summed E-state index contributed by atoms with van der Waals surface area (Å²) in [4.78, 5) is 61.6. The Bertz CT molecular complexity index is 974. The highest BCUT2D eigenvalue weighted by atomic mass is 16.4. The van der Waals surface area contributed by atoms with Crippen LogP contribution in [0, 0.1) is 0 Å². The highest BCUT2D eigenvalue weighted by Gasteiger charge is 2.30. The minimum Gasteiger partial charge on any atom is -0.508 e. The number of amides is 3. The van der Waals surface area contributed by atoms with Crippen LogP contribution >= 0.6 is 0 Å². The zero-order valence-electron chi connectivity index (χ0n) is 22.5. The quantitative estimate of drug-likeness (QED) is 0.0857. The van der Waals surface area contributed by atoms with E-state index in [1.807, 2.05) is 0 Å². The predicted molar refractivity (Wildman–Crippen MR) is 146 cm³/mol. The average molecular weight is 567 g/mol. The molecule has 0 saturated heterocycles. The van der Waals surface area contributed by atoms with Gasteiger partial charge >= 0.3 is 11.9 Å². The SMILES string of the molecule is NCCCCC(NC(=O)C(N)CCC(=O)O)C(=O)NC(CCCCN)C(=O)NC(Cc1ccc(O)cc1)C(=O)O. The van der Waals surface area contributed by atoms with E-state index in [1.54, 1.807) is 0 Å². The van der Waals surface area contributed by atoms with Crippen molar-refractivity contribution in [3.05, 3.63) is 29.8 Å². The van der Waals surface area contributed by atoms with Crippen molar-refractivity contribution in [2.24, 2.45) is 17.2 Å². The molecule has 0 fully saturated rings. The number of carbonyl (C=O) groups is 5. The Labute approximate surface area is 233 Å². The first-order chi connectivity index (χ1) is 19.0. The van der Waals surface area contributed by atoms with Crippen LogP contribution in [-0.2, 0) is 30.4 Å². The van der Waals surface area contributed by atoms with Crippen molar-refractivity contribution in [1.82, 2.24) is 16.0 Å². The zero-order valence-corrected chi connectivity index (χ0v) is 22.5. The second-order valence-electron chi connectivity index (χ2n) is 9.50. The van der Waals surface area contributed by atoms with Gasteiger partial charge in [0.25, 0.3) is 0 Å². The summed E-state index contributed by atoms with van der Waals surface area (Å²) >= 11 is 0. The lowest BCUT2D eigenvalue weighted by molar-refractivity contribution is -0.142. The van der Waals surface area contributed by atoms with Crippen LogP contribution in [0.15, 0.2) is 24.3 Å². The van der Waals surface area contributed by atoms with Gasteiger partial charge in [-0.05, 0) is 75.7 Å². The van der Waals surface area contributed by atoms with Crippen molar-refractivity contribution < 1.29 is 39.3 Å². The molecule has 1 rings (SSSR count). The smallest absolute Gasteiger partial charge is 0.326 e. The molecular weight excluding hydrogens is 524 g/mol. The van der Waals surface area contributed by atoms with Crippen LogP contribution in [-0.4, -0.2) is 82.2 Å². The molecule has 14 heteroatoms. The molecule has 40 heavy (non-hydrogen) atoms. The van der Waals surface area contributed by atoms with Crippen molar-refractivity contribution in [1.29, 1.82) is 0 Å². The molecule has 1 aromatic carbocycles. The normalized spacial score (nSPS) is 13.9. The number of nitrogens with two attached hydrogens (primary N) is 3. The Kier molecular flexibility index (Phi) is 15.9. The second-order valence-corrected chi connectivity index (χ2v) is 9.50. The monoisotopic (exact) mass is 566 g/mol. The molecule has 1 aromatic rings. The topological polar surface area (TPSA) is 260 Å². The van der Waals surface area contributed by atoms with Crippen LogP contribution in [0.4, 0.5) is 0 Å². The first-order valence-corrected chi connectivity index (χ1v) is 13.3. The van der Waals surface area contributed by atoms with E-state index in [0.717, 1.165) is 0 Å². The van der Waals surface area contributed by atoms with E-state index in [2.05, 4.69) is 16.0 Å². The van der Waals surface area contributed by atoms with Gasteiger partial charge in [-0.3, -0.25) is 19.2 Å². The van der Waals surface area contributed by atoms with E-state index in [4.69, 9.17) is 22.3 Å². The van der Waals surface area contributed by atoms with Gasteiger partial charge in [0.05, 0.1) is 6.04 Å². The van der Waals surface area contributed by atoms with Crippen LogP contribution < -0.4 is 33.2 Å². The fraction of sp³-hybridized carbons (Fsp3) is 0.577. The van der Waals surface area contributed by atoms with Gasteiger partial charge in [0, 0.05) is 12.8 Å². The molecule has 0 saturated carbocycles. The summed E-state index contributed by atoms with van der Waals surface area (Å²) in [5.74, 6) is -4.49. The van der Waals surface area contributed by atoms with Gasteiger partial charge in [-0.2, -0.15) is 0 Å². The van der Waals surface area contributed by atoms with E-state index in [9.17, 15) is 34.2 Å². The molecule has 0 spiro atoms. The number of rotatable bonds is 20. The maximum Gasteiger partial charge on any atom is 0.326 e. The fourth-order valence-electron chi connectivity index (χ4n) is 3.82. The third-order valence-electron chi connectivity index (χ3n) is 6.16. The number of unbranched alkanes of at least 4 members (excludes halogenated alkanes) is 2. The first-order valence-electron chi connectivity index (χ1n) is 13.3. The van der Waals surface area contributed by atoms with Gasteiger partial charge in [0.1, 0.15) is 23.9 Å². The van der Waals surface area contributed by atoms with Crippen LogP contribution in [0.2, 0.25) is 0 Å². The minimum atomic E-state index is -1.31. The van der Waals surface area contributed by atoms with Crippen LogP contribution in [0.3, 0.4) is 0 Å². The Hall–Kier alpha value is -3.75. The Morgan fingerprint density at radius 2 is 1.18 bits per heavy atom. The predicted octanol–water partition coefficient (Wildman–Crippen LogP) is -1.08. The number of aromatic hydroxyl groups is 1. The molecule has 224 valence electrons. The number of aliphatic carboxylic acids is 2. The Morgan fingerprint density at radius 3 is 1.62 bits per heavy atom. The van der Waals surface area contributed by atoms with Crippen molar-refractivity contribution in [2.45, 2.75) is 82.0 Å². The first kappa shape index (κ1) is 34.3. The van der Waals surface area contributed by atoms with Gasteiger partial charge in [0.2, 0.25) is 17.7 Å². The van der Waals surface area contributed by atoms with Crippen LogP contribution in [0.25, 0.3) is 0 Å². The third-order valence-corrected chi connectivity index (χ3v) is 6.16. The van der Waals surface area contributed by atoms with Gasteiger partial charge in [-0.25, -0.2) is 4.79 Å². The third kappa shape index (κ3) is 13.4. The summed E-state index contributed by atoms with van der Waals surface area (Å²) in [5.41, 5.74) is 17.5. The lowest BCUT2D eigenvalue weighted by Gasteiger charge is -2.25. The number of carbonyl (C=O) groups excluding carboxylic acids is 3. The molecule has 0 aliphatic heterocycles. The number of carboxylic acids is 2. The van der Waals surface area contributed by atoms with Gasteiger partial charge in [0.15, 0.2) is 0 Å². The molecule has 0 aliphatic carbocycles. The minimum absolute atomic E-state index is 0.0123. The van der Waals surface area contributed by atoms with E-state index in [-0.39, 0.29) is 37.9 Å². The maximum absolute atomic E-state index is 13.2. The molecule has 0 radical (unpaired) electrons. The van der Waals surface area contributed by atoms with Crippen molar-refractivity contribution in [3.8, 4) is 5.75 Å². The van der Waals surface area contributed by atoms with Crippen LogP contribution in [0.1, 0.15) is 56.9 Å².